The van der Waals surface area contributed by atoms with Gasteiger partial charge in [-0.2, -0.15) is 0 Å². The number of hydrogen-bond acceptors (Lipinski definition) is 3. The Balaban J connectivity index is 1.66. The van der Waals surface area contributed by atoms with E-state index in [2.05, 4.69) is 4.90 Å². The van der Waals surface area contributed by atoms with Crippen LogP contribution in [0.2, 0.25) is 0 Å². The predicted molar refractivity (Wildman–Crippen MR) is 75.3 cm³/mol. The molecule has 2 atom stereocenters. The first-order valence-electron chi connectivity index (χ1n) is 7.51. The van der Waals surface area contributed by atoms with Gasteiger partial charge in [0.15, 0.2) is 0 Å². The van der Waals surface area contributed by atoms with Crippen LogP contribution in [-0.4, -0.2) is 36.9 Å². The molecular formula is C16H23NO2. The van der Waals surface area contributed by atoms with E-state index in [-0.39, 0.29) is 6.29 Å². The zero-order chi connectivity index (χ0) is 12.9. The maximum atomic E-state index is 6.06. The molecule has 0 aliphatic carbocycles. The third kappa shape index (κ3) is 3.28. The Morgan fingerprint density at radius 2 is 1.79 bits per heavy atom. The lowest BCUT2D eigenvalue weighted by atomic mass is 10.0. The van der Waals surface area contributed by atoms with Crippen LogP contribution in [0, 0.1) is 0 Å². The van der Waals surface area contributed by atoms with Crippen molar-refractivity contribution in [3.63, 3.8) is 0 Å². The fourth-order valence-electron chi connectivity index (χ4n) is 3.09. The standard InChI is InChI=1S/C16H23NO2/c1-3-8-14(9-4-1)19-16-15(10-7-13-18-16)17-11-5-2-6-12-17/h1,3-4,8-9,15-16H,2,5-7,10-13H2. The molecular weight excluding hydrogens is 238 g/mol. The van der Waals surface area contributed by atoms with E-state index in [1.165, 1.54) is 38.8 Å². The van der Waals surface area contributed by atoms with Gasteiger partial charge in [0, 0.05) is 0 Å². The minimum Gasteiger partial charge on any atom is -0.463 e. The number of ether oxygens (including phenoxy) is 2. The maximum Gasteiger partial charge on any atom is 0.215 e. The molecule has 0 aromatic heterocycles. The molecule has 3 heteroatoms. The monoisotopic (exact) mass is 261 g/mol. The van der Waals surface area contributed by atoms with E-state index >= 15 is 0 Å². The molecule has 19 heavy (non-hydrogen) atoms. The van der Waals surface area contributed by atoms with Crippen LogP contribution in [-0.2, 0) is 4.74 Å². The molecule has 2 heterocycles. The SMILES string of the molecule is c1ccc(OC2OCCCC2N2CCCCC2)cc1. The Hall–Kier alpha value is -1.06. The summed E-state index contributed by atoms with van der Waals surface area (Å²) >= 11 is 0. The maximum absolute atomic E-state index is 6.06. The normalized spacial score (nSPS) is 29.1. The van der Waals surface area contributed by atoms with E-state index in [9.17, 15) is 0 Å². The summed E-state index contributed by atoms with van der Waals surface area (Å²) in [7, 11) is 0. The highest BCUT2D eigenvalue weighted by Gasteiger charge is 2.33. The summed E-state index contributed by atoms with van der Waals surface area (Å²) in [6.07, 6.45) is 6.24. The second-order valence-electron chi connectivity index (χ2n) is 5.48. The molecule has 0 radical (unpaired) electrons. The molecule has 1 aromatic rings. The Morgan fingerprint density at radius 3 is 2.58 bits per heavy atom. The van der Waals surface area contributed by atoms with Crippen LogP contribution in [0.25, 0.3) is 0 Å². The van der Waals surface area contributed by atoms with Crippen molar-refractivity contribution in [2.45, 2.75) is 44.4 Å². The molecule has 104 valence electrons. The zero-order valence-electron chi connectivity index (χ0n) is 11.5. The van der Waals surface area contributed by atoms with Gasteiger partial charge in [0.05, 0.1) is 12.6 Å². The van der Waals surface area contributed by atoms with Crippen molar-refractivity contribution in [1.29, 1.82) is 0 Å². The zero-order valence-corrected chi connectivity index (χ0v) is 11.5. The van der Waals surface area contributed by atoms with Gasteiger partial charge in [0.2, 0.25) is 6.29 Å². The molecule has 0 spiro atoms. The summed E-state index contributed by atoms with van der Waals surface area (Å²) in [5, 5.41) is 0. The van der Waals surface area contributed by atoms with Crippen molar-refractivity contribution in [2.24, 2.45) is 0 Å². The van der Waals surface area contributed by atoms with Gasteiger partial charge < -0.3 is 9.47 Å². The lowest BCUT2D eigenvalue weighted by molar-refractivity contribution is -0.154. The fraction of sp³-hybridized carbons (Fsp3) is 0.625. The topological polar surface area (TPSA) is 21.7 Å². The molecule has 2 saturated heterocycles. The van der Waals surface area contributed by atoms with Gasteiger partial charge in [-0.1, -0.05) is 24.6 Å². The van der Waals surface area contributed by atoms with Crippen LogP contribution in [0.4, 0.5) is 0 Å². The highest BCUT2D eigenvalue weighted by Crippen LogP contribution is 2.25. The third-order valence-corrected chi connectivity index (χ3v) is 4.10. The molecule has 0 N–H and O–H groups in total. The minimum atomic E-state index is -0.103. The van der Waals surface area contributed by atoms with E-state index in [4.69, 9.17) is 9.47 Å². The number of hydrogen-bond donors (Lipinski definition) is 0. The van der Waals surface area contributed by atoms with Crippen molar-refractivity contribution < 1.29 is 9.47 Å². The van der Waals surface area contributed by atoms with Crippen LogP contribution in [0.1, 0.15) is 32.1 Å². The van der Waals surface area contributed by atoms with Crippen LogP contribution >= 0.6 is 0 Å². The lowest BCUT2D eigenvalue weighted by Crippen LogP contribution is -2.51. The Bertz CT molecular complexity index is 376. The first-order valence-corrected chi connectivity index (χ1v) is 7.51. The Kier molecular flexibility index (Phi) is 4.36. The van der Waals surface area contributed by atoms with E-state index in [1.54, 1.807) is 0 Å². The molecule has 0 bridgehead atoms. The fourth-order valence-corrected chi connectivity index (χ4v) is 3.09. The van der Waals surface area contributed by atoms with Gasteiger partial charge >= 0.3 is 0 Å². The van der Waals surface area contributed by atoms with E-state index in [0.717, 1.165) is 18.8 Å². The summed E-state index contributed by atoms with van der Waals surface area (Å²) < 4.78 is 11.9. The molecule has 2 unspecified atom stereocenters. The average molecular weight is 261 g/mol. The molecule has 3 rings (SSSR count). The summed E-state index contributed by atoms with van der Waals surface area (Å²) in [6, 6.07) is 10.5. The van der Waals surface area contributed by atoms with Crippen LogP contribution in [0.15, 0.2) is 30.3 Å². The van der Waals surface area contributed by atoms with Gasteiger partial charge in [0.25, 0.3) is 0 Å². The Morgan fingerprint density at radius 1 is 1.00 bits per heavy atom. The largest absolute Gasteiger partial charge is 0.463 e. The summed E-state index contributed by atoms with van der Waals surface area (Å²) in [5.41, 5.74) is 0. The summed E-state index contributed by atoms with van der Waals surface area (Å²) in [5.74, 6) is 0.913. The predicted octanol–water partition coefficient (Wildman–Crippen LogP) is 3.06. The van der Waals surface area contributed by atoms with Gasteiger partial charge in [-0.25, -0.2) is 0 Å². The minimum absolute atomic E-state index is 0.103. The van der Waals surface area contributed by atoms with E-state index in [1.807, 2.05) is 30.3 Å². The van der Waals surface area contributed by atoms with Crippen molar-refractivity contribution in [2.75, 3.05) is 19.7 Å². The average Bonchev–Trinajstić information content (AvgIpc) is 2.50. The summed E-state index contributed by atoms with van der Waals surface area (Å²) in [6.45, 7) is 3.22. The van der Waals surface area contributed by atoms with Crippen LogP contribution < -0.4 is 4.74 Å². The highest BCUT2D eigenvalue weighted by molar-refractivity contribution is 5.21. The number of nitrogens with zero attached hydrogens (tertiary/aromatic N) is 1. The number of likely N-dealkylation sites (tertiary alicyclic amines) is 1. The molecule has 2 aliphatic rings. The second-order valence-corrected chi connectivity index (χ2v) is 5.48. The quantitative estimate of drug-likeness (QED) is 0.834. The number of benzene rings is 1. The van der Waals surface area contributed by atoms with Gasteiger partial charge in [0.1, 0.15) is 5.75 Å². The van der Waals surface area contributed by atoms with Crippen molar-refractivity contribution in [3.05, 3.63) is 30.3 Å². The van der Waals surface area contributed by atoms with Crippen LogP contribution in [0.5, 0.6) is 5.75 Å². The molecule has 2 aliphatic heterocycles. The molecule has 0 saturated carbocycles. The smallest absolute Gasteiger partial charge is 0.215 e. The highest BCUT2D eigenvalue weighted by atomic mass is 16.7. The van der Waals surface area contributed by atoms with E-state index < -0.39 is 0 Å². The first kappa shape index (κ1) is 12.9. The lowest BCUT2D eigenvalue weighted by Gasteiger charge is -2.41. The van der Waals surface area contributed by atoms with Crippen molar-refractivity contribution in [1.82, 2.24) is 4.90 Å². The molecule has 2 fully saturated rings. The first-order chi connectivity index (χ1) is 9.43. The summed E-state index contributed by atoms with van der Waals surface area (Å²) in [4.78, 5) is 2.57. The van der Waals surface area contributed by atoms with Gasteiger partial charge in [-0.15, -0.1) is 0 Å². The van der Waals surface area contributed by atoms with Gasteiger partial charge in [-0.3, -0.25) is 4.90 Å². The second kappa shape index (κ2) is 6.40. The molecule has 1 aromatic carbocycles. The number of piperidine rings is 1. The Labute approximate surface area is 115 Å². The van der Waals surface area contributed by atoms with Crippen LogP contribution in [0.3, 0.4) is 0 Å². The third-order valence-electron chi connectivity index (χ3n) is 4.10. The number of rotatable bonds is 3. The number of para-hydroxylation sites is 1. The van der Waals surface area contributed by atoms with E-state index in [0.29, 0.717) is 6.04 Å². The van der Waals surface area contributed by atoms with Gasteiger partial charge in [-0.05, 0) is 50.9 Å². The molecule has 0 amide bonds. The van der Waals surface area contributed by atoms with Crippen molar-refractivity contribution >= 4 is 0 Å². The molecule has 3 nitrogen and oxygen atoms in total. The van der Waals surface area contributed by atoms with Crippen molar-refractivity contribution in [3.8, 4) is 5.75 Å².